The number of carbonyl (C=O) groups is 1. The first-order valence-electron chi connectivity index (χ1n) is 5.37. The normalized spacial score (nSPS) is 10.7. The molecule has 18 heavy (non-hydrogen) atoms. The monoisotopic (exact) mass is 241 g/mol. The molecule has 0 radical (unpaired) electrons. The van der Waals surface area contributed by atoms with Crippen molar-refractivity contribution in [1.82, 2.24) is 15.0 Å². The predicted molar refractivity (Wildman–Crippen MR) is 63.7 cm³/mol. The number of benzene rings is 2. The number of para-hydroxylation sites is 1. The second kappa shape index (κ2) is 4.03. The van der Waals surface area contributed by atoms with Crippen LogP contribution in [-0.2, 0) is 0 Å². The molecule has 2 aromatic carbocycles. The van der Waals surface area contributed by atoms with Gasteiger partial charge in [0.25, 0.3) is 5.91 Å². The molecule has 0 saturated heterocycles. The zero-order chi connectivity index (χ0) is 12.5. The Labute approximate surface area is 102 Å². The summed E-state index contributed by atoms with van der Waals surface area (Å²) in [5, 5.41) is 7.63. The third-order valence-corrected chi connectivity index (χ3v) is 2.65. The van der Waals surface area contributed by atoms with Crippen molar-refractivity contribution >= 4 is 16.9 Å². The van der Waals surface area contributed by atoms with Gasteiger partial charge in [-0.25, -0.2) is 4.39 Å². The topological polar surface area (TPSA) is 47.8 Å². The molecular formula is C13H8FN3O. The van der Waals surface area contributed by atoms with E-state index in [-0.39, 0.29) is 5.56 Å². The number of hydrogen-bond donors (Lipinski definition) is 0. The maximum atomic E-state index is 13.5. The highest BCUT2D eigenvalue weighted by Crippen LogP contribution is 2.14. The first kappa shape index (κ1) is 10.6. The van der Waals surface area contributed by atoms with Crippen LogP contribution >= 0.6 is 0 Å². The van der Waals surface area contributed by atoms with Gasteiger partial charge in [-0.05, 0) is 24.3 Å². The standard InChI is InChI=1S/C13H8FN3O/c14-10-6-2-1-5-9(10)13(18)17-12-8-4-3-7-11(12)15-16-17/h1-8H. The van der Waals surface area contributed by atoms with E-state index in [9.17, 15) is 9.18 Å². The third-order valence-electron chi connectivity index (χ3n) is 2.65. The maximum Gasteiger partial charge on any atom is 0.283 e. The molecule has 0 spiro atoms. The highest BCUT2D eigenvalue weighted by atomic mass is 19.1. The van der Waals surface area contributed by atoms with Crippen molar-refractivity contribution in [3.8, 4) is 0 Å². The molecule has 1 heterocycles. The first-order chi connectivity index (χ1) is 8.77. The van der Waals surface area contributed by atoms with E-state index in [1.54, 1.807) is 30.3 Å². The lowest BCUT2D eigenvalue weighted by Gasteiger charge is -2.02. The van der Waals surface area contributed by atoms with Crippen molar-refractivity contribution in [2.75, 3.05) is 0 Å². The van der Waals surface area contributed by atoms with Crippen molar-refractivity contribution in [1.29, 1.82) is 0 Å². The Balaban J connectivity index is 2.16. The van der Waals surface area contributed by atoms with E-state index in [1.807, 2.05) is 0 Å². The van der Waals surface area contributed by atoms with E-state index >= 15 is 0 Å². The molecule has 0 amide bonds. The van der Waals surface area contributed by atoms with Crippen LogP contribution in [-0.4, -0.2) is 20.9 Å². The molecule has 4 nitrogen and oxygen atoms in total. The zero-order valence-corrected chi connectivity index (χ0v) is 9.25. The van der Waals surface area contributed by atoms with Crippen LogP contribution in [0.5, 0.6) is 0 Å². The van der Waals surface area contributed by atoms with Crippen molar-refractivity contribution in [2.24, 2.45) is 0 Å². The molecule has 88 valence electrons. The van der Waals surface area contributed by atoms with Gasteiger partial charge >= 0.3 is 0 Å². The molecular weight excluding hydrogens is 233 g/mol. The Bertz CT molecular complexity index is 736. The highest BCUT2D eigenvalue weighted by Gasteiger charge is 2.16. The van der Waals surface area contributed by atoms with Gasteiger partial charge in [-0.2, -0.15) is 4.68 Å². The molecule has 0 aliphatic carbocycles. The SMILES string of the molecule is O=C(c1ccccc1F)n1nnc2ccccc21. The smallest absolute Gasteiger partial charge is 0.267 e. The van der Waals surface area contributed by atoms with Crippen molar-refractivity contribution < 1.29 is 9.18 Å². The van der Waals surface area contributed by atoms with Gasteiger partial charge in [0, 0.05) is 0 Å². The molecule has 1 aromatic heterocycles. The number of aromatic nitrogens is 3. The predicted octanol–water partition coefficient (Wildman–Crippen LogP) is 2.26. The summed E-state index contributed by atoms with van der Waals surface area (Å²) in [4.78, 5) is 12.2. The van der Waals surface area contributed by atoms with E-state index < -0.39 is 11.7 Å². The molecule has 0 saturated carbocycles. The van der Waals surface area contributed by atoms with Gasteiger partial charge in [0.2, 0.25) is 0 Å². The Morgan fingerprint density at radius 3 is 2.61 bits per heavy atom. The minimum atomic E-state index is -0.568. The van der Waals surface area contributed by atoms with Crippen LogP contribution in [0.25, 0.3) is 11.0 Å². The summed E-state index contributed by atoms with van der Waals surface area (Å²) in [6, 6.07) is 12.8. The molecule has 0 aliphatic heterocycles. The molecule has 0 atom stereocenters. The van der Waals surface area contributed by atoms with Gasteiger partial charge in [0.05, 0.1) is 11.1 Å². The maximum absolute atomic E-state index is 13.5. The van der Waals surface area contributed by atoms with E-state index in [1.165, 1.54) is 18.2 Å². The zero-order valence-electron chi connectivity index (χ0n) is 9.25. The lowest BCUT2D eigenvalue weighted by Crippen LogP contribution is -2.15. The summed E-state index contributed by atoms with van der Waals surface area (Å²) < 4.78 is 14.7. The number of carbonyl (C=O) groups excluding carboxylic acids is 1. The largest absolute Gasteiger partial charge is 0.283 e. The number of hydrogen-bond acceptors (Lipinski definition) is 3. The number of halogens is 1. The van der Waals surface area contributed by atoms with Crippen LogP contribution in [0.1, 0.15) is 10.4 Å². The molecule has 0 fully saturated rings. The van der Waals surface area contributed by atoms with Crippen LogP contribution in [0, 0.1) is 5.82 Å². The summed E-state index contributed by atoms with van der Waals surface area (Å²) in [6.45, 7) is 0. The molecule has 0 aliphatic rings. The lowest BCUT2D eigenvalue weighted by molar-refractivity contribution is 0.0944. The van der Waals surface area contributed by atoms with Gasteiger partial charge in [0.1, 0.15) is 11.3 Å². The van der Waals surface area contributed by atoms with Crippen molar-refractivity contribution in [2.45, 2.75) is 0 Å². The minimum absolute atomic E-state index is 0.0202. The molecule has 0 N–H and O–H groups in total. The first-order valence-corrected chi connectivity index (χ1v) is 5.37. The third kappa shape index (κ3) is 1.57. The van der Waals surface area contributed by atoms with E-state index in [0.29, 0.717) is 11.0 Å². The van der Waals surface area contributed by atoms with Crippen molar-refractivity contribution in [3.63, 3.8) is 0 Å². The summed E-state index contributed by atoms with van der Waals surface area (Å²) in [5.41, 5.74) is 1.14. The van der Waals surface area contributed by atoms with Crippen LogP contribution in [0.15, 0.2) is 48.5 Å². The van der Waals surface area contributed by atoms with Gasteiger partial charge in [-0.15, -0.1) is 5.10 Å². The summed E-state index contributed by atoms with van der Waals surface area (Å²) >= 11 is 0. The Kier molecular flexibility index (Phi) is 2.37. The highest BCUT2D eigenvalue weighted by molar-refractivity contribution is 6.00. The fourth-order valence-electron chi connectivity index (χ4n) is 1.77. The van der Waals surface area contributed by atoms with Crippen LogP contribution in [0.2, 0.25) is 0 Å². The fraction of sp³-hybridized carbons (Fsp3) is 0. The molecule has 3 rings (SSSR count). The second-order valence-corrected chi connectivity index (χ2v) is 3.77. The Morgan fingerprint density at radius 1 is 1.06 bits per heavy atom. The van der Waals surface area contributed by atoms with Crippen LogP contribution in [0.3, 0.4) is 0 Å². The van der Waals surface area contributed by atoms with Gasteiger partial charge < -0.3 is 0 Å². The molecule has 0 bridgehead atoms. The van der Waals surface area contributed by atoms with E-state index in [4.69, 9.17) is 0 Å². The van der Waals surface area contributed by atoms with Gasteiger partial charge in [-0.3, -0.25) is 4.79 Å². The summed E-state index contributed by atoms with van der Waals surface area (Å²) in [7, 11) is 0. The summed E-state index contributed by atoms with van der Waals surface area (Å²) in [5.74, 6) is -1.09. The minimum Gasteiger partial charge on any atom is -0.267 e. The molecule has 0 unspecified atom stereocenters. The summed E-state index contributed by atoms with van der Waals surface area (Å²) in [6.07, 6.45) is 0. The van der Waals surface area contributed by atoms with Crippen LogP contribution < -0.4 is 0 Å². The van der Waals surface area contributed by atoms with E-state index in [2.05, 4.69) is 10.3 Å². The molecule has 3 aromatic rings. The molecule has 5 heteroatoms. The van der Waals surface area contributed by atoms with Gasteiger partial charge in [-0.1, -0.05) is 29.5 Å². The second-order valence-electron chi connectivity index (χ2n) is 3.77. The lowest BCUT2D eigenvalue weighted by atomic mass is 10.2. The average Bonchev–Trinajstić information content (AvgIpc) is 2.82. The Hall–Kier alpha value is -2.56. The Morgan fingerprint density at radius 2 is 1.78 bits per heavy atom. The van der Waals surface area contributed by atoms with Crippen LogP contribution in [0.4, 0.5) is 4.39 Å². The quantitative estimate of drug-likeness (QED) is 0.656. The number of fused-ring (bicyclic) bond motifs is 1. The van der Waals surface area contributed by atoms with E-state index in [0.717, 1.165) is 4.68 Å². The number of nitrogens with zero attached hydrogens (tertiary/aromatic N) is 3. The number of rotatable bonds is 1. The fourth-order valence-corrected chi connectivity index (χ4v) is 1.77. The average molecular weight is 241 g/mol. The van der Waals surface area contributed by atoms with Crippen molar-refractivity contribution in [3.05, 3.63) is 59.9 Å². The van der Waals surface area contributed by atoms with Gasteiger partial charge in [0.15, 0.2) is 0 Å².